The first-order valence-electron chi connectivity index (χ1n) is 7.01. The topological polar surface area (TPSA) is 70.3 Å². The molecule has 1 saturated carbocycles. The molecule has 0 spiro atoms. The fourth-order valence-electron chi connectivity index (χ4n) is 2.47. The molecule has 1 fully saturated rings. The van der Waals surface area contributed by atoms with Crippen molar-refractivity contribution in [3.8, 4) is 11.8 Å². The van der Waals surface area contributed by atoms with Gasteiger partial charge >= 0.3 is 0 Å². The molecule has 1 aliphatic carbocycles. The lowest BCUT2D eigenvalue weighted by Gasteiger charge is -2.32. The molecule has 0 amide bonds. The monoisotopic (exact) mass is 265 g/mol. The van der Waals surface area contributed by atoms with E-state index >= 15 is 0 Å². The van der Waals surface area contributed by atoms with Crippen molar-refractivity contribution in [1.82, 2.24) is 9.97 Å². The molecule has 5 nitrogen and oxygen atoms in total. The van der Waals surface area contributed by atoms with Crippen molar-refractivity contribution in [3.63, 3.8) is 0 Å². The normalized spacial score (nSPS) is 27.0. The van der Waals surface area contributed by atoms with Gasteiger partial charge in [-0.3, -0.25) is 0 Å². The lowest BCUT2D eigenvalue weighted by atomic mass is 9.80. The Hall–Kier alpha value is -1.52. The predicted octanol–water partition coefficient (Wildman–Crippen LogP) is 2.66. The Morgan fingerprint density at radius 1 is 1.21 bits per heavy atom. The van der Waals surface area contributed by atoms with Crippen LogP contribution in [0.4, 0.5) is 5.69 Å². The van der Waals surface area contributed by atoms with Gasteiger partial charge in [-0.25, -0.2) is 0 Å². The minimum absolute atomic E-state index is 0.192. The molecule has 0 aliphatic heterocycles. The number of nitrogens with two attached hydrogens (primary N) is 1. The van der Waals surface area contributed by atoms with Gasteiger partial charge in [0.25, 0.3) is 0 Å². The molecule has 0 saturated heterocycles. The summed E-state index contributed by atoms with van der Waals surface area (Å²) in [6, 6.07) is 0. The lowest BCUT2D eigenvalue weighted by Crippen LogP contribution is -2.29. The van der Waals surface area contributed by atoms with E-state index in [0.717, 1.165) is 18.8 Å². The van der Waals surface area contributed by atoms with E-state index in [1.165, 1.54) is 12.7 Å². The Labute approximate surface area is 114 Å². The van der Waals surface area contributed by atoms with Gasteiger partial charge < -0.3 is 15.2 Å². The van der Waals surface area contributed by atoms with Crippen LogP contribution in [0.1, 0.15) is 40.0 Å². The molecule has 1 aromatic rings. The number of nitrogens with zero attached hydrogens (tertiary/aromatic N) is 2. The van der Waals surface area contributed by atoms with Crippen LogP contribution >= 0.6 is 0 Å². The van der Waals surface area contributed by atoms with E-state index in [2.05, 4.69) is 23.8 Å². The minimum atomic E-state index is 0.192. The molecule has 0 bridgehead atoms. The van der Waals surface area contributed by atoms with Gasteiger partial charge in [0.2, 0.25) is 11.8 Å². The Balaban J connectivity index is 2.05. The number of rotatable bonds is 4. The maximum absolute atomic E-state index is 5.97. The Morgan fingerprint density at radius 2 is 1.95 bits per heavy atom. The summed E-state index contributed by atoms with van der Waals surface area (Å²) in [5, 5.41) is 0. The second-order valence-electron chi connectivity index (χ2n) is 5.34. The van der Waals surface area contributed by atoms with Crippen molar-refractivity contribution in [2.75, 3.05) is 12.3 Å². The van der Waals surface area contributed by atoms with Crippen LogP contribution < -0.4 is 15.2 Å². The third kappa shape index (κ3) is 3.28. The van der Waals surface area contributed by atoms with Gasteiger partial charge in [-0.05, 0) is 38.0 Å². The van der Waals surface area contributed by atoms with Crippen LogP contribution in [0, 0.1) is 11.8 Å². The lowest BCUT2D eigenvalue weighted by molar-refractivity contribution is 0.0967. The minimum Gasteiger partial charge on any atom is -0.476 e. The summed E-state index contributed by atoms with van der Waals surface area (Å²) in [7, 11) is 0. The summed E-state index contributed by atoms with van der Waals surface area (Å²) in [5.74, 6) is 2.30. The van der Waals surface area contributed by atoms with Gasteiger partial charge in [0.15, 0.2) is 5.69 Å². The van der Waals surface area contributed by atoms with Crippen LogP contribution in [0.2, 0.25) is 0 Å². The third-order valence-electron chi connectivity index (χ3n) is 3.92. The average Bonchev–Trinajstić information content (AvgIpc) is 2.39. The number of nitrogen functional groups attached to an aromatic ring is 1. The average molecular weight is 265 g/mol. The van der Waals surface area contributed by atoms with E-state index in [9.17, 15) is 0 Å². The molecule has 1 aromatic heterocycles. The number of aromatic nitrogens is 2. The van der Waals surface area contributed by atoms with Crippen molar-refractivity contribution in [3.05, 3.63) is 6.33 Å². The number of anilines is 1. The fourth-order valence-corrected chi connectivity index (χ4v) is 2.47. The van der Waals surface area contributed by atoms with Crippen LogP contribution in [-0.4, -0.2) is 22.7 Å². The molecule has 2 N–H and O–H groups in total. The molecule has 1 aliphatic rings. The van der Waals surface area contributed by atoms with Crippen molar-refractivity contribution < 1.29 is 9.47 Å². The smallest absolute Gasteiger partial charge is 0.244 e. The Kier molecular flexibility index (Phi) is 4.45. The van der Waals surface area contributed by atoms with Crippen LogP contribution in [0.5, 0.6) is 11.8 Å². The zero-order valence-electron chi connectivity index (χ0n) is 11.9. The highest BCUT2D eigenvalue weighted by atomic mass is 16.5. The van der Waals surface area contributed by atoms with Crippen molar-refractivity contribution in [1.29, 1.82) is 0 Å². The summed E-state index contributed by atoms with van der Waals surface area (Å²) in [6.45, 7) is 6.99. The molecule has 5 heteroatoms. The first-order chi connectivity index (χ1) is 9.11. The molecule has 0 radical (unpaired) electrons. The maximum Gasteiger partial charge on any atom is 0.244 e. The number of ether oxygens (including phenoxy) is 2. The SMILES string of the molecule is CCOc1ncnc(OC2CCC(C)C(C)C2)c1N. The van der Waals surface area contributed by atoms with Crippen LogP contribution in [-0.2, 0) is 0 Å². The van der Waals surface area contributed by atoms with Gasteiger partial charge in [0.05, 0.1) is 6.61 Å². The molecular formula is C14H23N3O2. The molecule has 1 heterocycles. The number of hydrogen-bond donors (Lipinski definition) is 1. The highest BCUT2D eigenvalue weighted by Crippen LogP contribution is 2.34. The Morgan fingerprint density at radius 3 is 2.63 bits per heavy atom. The van der Waals surface area contributed by atoms with Crippen LogP contribution in [0.3, 0.4) is 0 Å². The maximum atomic E-state index is 5.97. The van der Waals surface area contributed by atoms with Gasteiger partial charge in [-0.1, -0.05) is 13.8 Å². The van der Waals surface area contributed by atoms with Crippen molar-refractivity contribution in [2.24, 2.45) is 11.8 Å². The standard InChI is InChI=1S/C14H23N3O2/c1-4-18-13-12(15)14(17-8-16-13)19-11-6-5-9(2)10(3)7-11/h8-11H,4-7,15H2,1-3H3. The molecule has 0 aromatic carbocycles. The predicted molar refractivity (Wildman–Crippen MR) is 74.2 cm³/mol. The van der Waals surface area contributed by atoms with Gasteiger partial charge in [-0.2, -0.15) is 9.97 Å². The zero-order chi connectivity index (χ0) is 13.8. The second kappa shape index (κ2) is 6.08. The first kappa shape index (κ1) is 13.9. The molecule has 2 rings (SSSR count). The zero-order valence-corrected chi connectivity index (χ0v) is 11.9. The largest absolute Gasteiger partial charge is 0.476 e. The van der Waals surface area contributed by atoms with E-state index in [1.54, 1.807) is 0 Å². The van der Waals surface area contributed by atoms with E-state index in [-0.39, 0.29) is 6.10 Å². The quantitative estimate of drug-likeness (QED) is 0.906. The van der Waals surface area contributed by atoms with Crippen molar-refractivity contribution >= 4 is 5.69 Å². The summed E-state index contributed by atoms with van der Waals surface area (Å²) < 4.78 is 11.3. The van der Waals surface area contributed by atoms with E-state index in [0.29, 0.717) is 30.0 Å². The third-order valence-corrected chi connectivity index (χ3v) is 3.92. The van der Waals surface area contributed by atoms with Gasteiger partial charge in [0, 0.05) is 0 Å². The van der Waals surface area contributed by atoms with Crippen molar-refractivity contribution in [2.45, 2.75) is 46.1 Å². The molecular weight excluding hydrogens is 242 g/mol. The Bertz CT molecular complexity index is 425. The summed E-state index contributed by atoms with van der Waals surface area (Å²) >= 11 is 0. The molecule has 106 valence electrons. The second-order valence-corrected chi connectivity index (χ2v) is 5.34. The van der Waals surface area contributed by atoms with Gasteiger partial charge in [-0.15, -0.1) is 0 Å². The van der Waals surface area contributed by atoms with E-state index < -0.39 is 0 Å². The molecule has 19 heavy (non-hydrogen) atoms. The van der Waals surface area contributed by atoms with E-state index in [4.69, 9.17) is 15.2 Å². The van der Waals surface area contributed by atoms with Crippen LogP contribution in [0.15, 0.2) is 6.33 Å². The first-order valence-corrected chi connectivity index (χ1v) is 7.01. The van der Waals surface area contributed by atoms with Crippen LogP contribution in [0.25, 0.3) is 0 Å². The summed E-state index contributed by atoms with van der Waals surface area (Å²) in [6.07, 6.45) is 4.92. The van der Waals surface area contributed by atoms with E-state index in [1.807, 2.05) is 6.92 Å². The summed E-state index contributed by atoms with van der Waals surface area (Å²) in [4.78, 5) is 8.13. The summed E-state index contributed by atoms with van der Waals surface area (Å²) in [5.41, 5.74) is 6.37. The molecule has 3 unspecified atom stereocenters. The highest BCUT2D eigenvalue weighted by Gasteiger charge is 2.27. The number of hydrogen-bond acceptors (Lipinski definition) is 5. The van der Waals surface area contributed by atoms with Gasteiger partial charge in [0.1, 0.15) is 12.4 Å². The molecule has 3 atom stereocenters. The highest BCUT2D eigenvalue weighted by molar-refractivity contribution is 5.55. The fraction of sp³-hybridized carbons (Fsp3) is 0.714.